The molecule has 3 aromatic rings. The number of nitrogens with one attached hydrogen (secondary N) is 1. The summed E-state index contributed by atoms with van der Waals surface area (Å²) < 4.78 is 11.5. The highest BCUT2D eigenvalue weighted by atomic mass is 79.9. The maximum atomic E-state index is 13.2. The quantitative estimate of drug-likeness (QED) is 0.421. The van der Waals surface area contributed by atoms with Gasteiger partial charge in [0.05, 0.1) is 25.1 Å². The molecule has 3 heterocycles. The lowest BCUT2D eigenvalue weighted by atomic mass is 9.95. The molecule has 1 saturated heterocycles. The Morgan fingerprint density at radius 1 is 1.29 bits per heavy atom. The van der Waals surface area contributed by atoms with Gasteiger partial charge in [-0.25, -0.2) is 4.79 Å². The summed E-state index contributed by atoms with van der Waals surface area (Å²) in [5.74, 6) is 0.465. The molecule has 0 saturated carbocycles. The Bertz CT molecular complexity index is 1240. The SMILES string of the molecule is COC(=O)c1c(NC(=O)C2CCCN(Cc3nc(-c4cccc(Br)c4)no3)C2)sc2c1CCCC2. The van der Waals surface area contributed by atoms with Gasteiger partial charge >= 0.3 is 5.97 Å². The molecule has 1 N–H and O–H groups in total. The number of thiophene rings is 1. The number of likely N-dealkylation sites (tertiary alicyclic amines) is 1. The van der Waals surface area contributed by atoms with Crippen LogP contribution in [-0.4, -0.2) is 47.1 Å². The highest BCUT2D eigenvalue weighted by molar-refractivity contribution is 9.10. The number of piperidine rings is 1. The molecule has 0 spiro atoms. The molecule has 1 atom stereocenters. The molecule has 8 nitrogen and oxygen atoms in total. The minimum Gasteiger partial charge on any atom is -0.465 e. The number of methoxy groups -OCH3 is 1. The summed E-state index contributed by atoms with van der Waals surface area (Å²) in [7, 11) is 1.39. The van der Waals surface area contributed by atoms with Crippen LogP contribution in [0.2, 0.25) is 0 Å². The number of fused-ring (bicyclic) bond motifs is 1. The molecule has 0 radical (unpaired) electrons. The van der Waals surface area contributed by atoms with E-state index in [1.54, 1.807) is 0 Å². The van der Waals surface area contributed by atoms with Crippen molar-refractivity contribution >= 4 is 44.1 Å². The van der Waals surface area contributed by atoms with E-state index in [0.29, 0.717) is 35.4 Å². The molecule has 2 aromatic heterocycles. The molecule has 0 bridgehead atoms. The number of benzene rings is 1. The topological polar surface area (TPSA) is 97.6 Å². The van der Waals surface area contributed by atoms with Crippen molar-refractivity contribution < 1.29 is 18.8 Å². The summed E-state index contributed by atoms with van der Waals surface area (Å²) in [6.07, 6.45) is 5.66. The van der Waals surface area contributed by atoms with Gasteiger partial charge in [-0.3, -0.25) is 9.69 Å². The van der Waals surface area contributed by atoms with E-state index in [4.69, 9.17) is 9.26 Å². The van der Waals surface area contributed by atoms with E-state index in [9.17, 15) is 9.59 Å². The Morgan fingerprint density at radius 3 is 2.97 bits per heavy atom. The average Bonchev–Trinajstić information content (AvgIpc) is 3.48. The molecule has 1 amide bonds. The third-order valence-electron chi connectivity index (χ3n) is 6.58. The van der Waals surface area contributed by atoms with E-state index >= 15 is 0 Å². The zero-order valence-corrected chi connectivity index (χ0v) is 21.9. The Kier molecular flexibility index (Phi) is 7.31. The maximum Gasteiger partial charge on any atom is 0.341 e. The van der Waals surface area contributed by atoms with Gasteiger partial charge < -0.3 is 14.6 Å². The molecule has 184 valence electrons. The summed E-state index contributed by atoms with van der Waals surface area (Å²) in [5.41, 5.74) is 2.47. The lowest BCUT2D eigenvalue weighted by molar-refractivity contribution is -0.121. The minimum atomic E-state index is -0.373. The molecule has 10 heteroatoms. The maximum absolute atomic E-state index is 13.2. The smallest absolute Gasteiger partial charge is 0.341 e. The van der Waals surface area contributed by atoms with Crippen LogP contribution < -0.4 is 5.32 Å². The van der Waals surface area contributed by atoms with Crippen molar-refractivity contribution in [2.45, 2.75) is 45.1 Å². The second kappa shape index (κ2) is 10.6. The van der Waals surface area contributed by atoms with Gasteiger partial charge in [0.25, 0.3) is 0 Å². The van der Waals surface area contributed by atoms with Gasteiger partial charge in [-0.1, -0.05) is 33.2 Å². The number of aryl methyl sites for hydroxylation is 1. The van der Waals surface area contributed by atoms with Crippen molar-refractivity contribution in [3.63, 3.8) is 0 Å². The van der Waals surface area contributed by atoms with E-state index in [-0.39, 0.29) is 17.8 Å². The monoisotopic (exact) mass is 558 g/mol. The molecule has 1 unspecified atom stereocenters. The van der Waals surface area contributed by atoms with Crippen LogP contribution in [0.1, 0.15) is 52.4 Å². The van der Waals surface area contributed by atoms with Gasteiger partial charge in [0.1, 0.15) is 5.00 Å². The first-order valence-corrected chi connectivity index (χ1v) is 13.5. The number of ether oxygens (including phenoxy) is 1. The number of amides is 1. The first-order chi connectivity index (χ1) is 17.0. The summed E-state index contributed by atoms with van der Waals surface area (Å²) >= 11 is 4.99. The van der Waals surface area contributed by atoms with Gasteiger partial charge in [-0.05, 0) is 62.8 Å². The van der Waals surface area contributed by atoms with Gasteiger partial charge in [-0.15, -0.1) is 11.3 Å². The highest BCUT2D eigenvalue weighted by Gasteiger charge is 2.31. The number of hydrogen-bond donors (Lipinski definition) is 1. The zero-order chi connectivity index (χ0) is 24.4. The number of rotatable bonds is 6. The third kappa shape index (κ3) is 5.34. The Hall–Kier alpha value is -2.56. The molecule has 1 aliphatic carbocycles. The van der Waals surface area contributed by atoms with Crippen LogP contribution in [0, 0.1) is 5.92 Å². The van der Waals surface area contributed by atoms with Crippen LogP contribution in [-0.2, 0) is 28.9 Å². The fourth-order valence-electron chi connectivity index (χ4n) is 4.85. The lowest BCUT2D eigenvalue weighted by Gasteiger charge is -2.30. The summed E-state index contributed by atoms with van der Waals surface area (Å²) in [4.78, 5) is 33.6. The molecular weight excluding hydrogens is 532 g/mol. The van der Waals surface area contributed by atoms with Gasteiger partial charge in [0, 0.05) is 21.5 Å². The number of nitrogens with zero attached hydrogens (tertiary/aromatic N) is 3. The van der Waals surface area contributed by atoms with Crippen molar-refractivity contribution in [3.8, 4) is 11.4 Å². The molecule has 5 rings (SSSR count). The predicted octanol–water partition coefficient (Wildman–Crippen LogP) is 5.08. The second-order valence-electron chi connectivity index (χ2n) is 8.99. The van der Waals surface area contributed by atoms with Crippen LogP contribution in [0.3, 0.4) is 0 Å². The number of aromatic nitrogens is 2. The van der Waals surface area contributed by atoms with Crippen LogP contribution in [0.15, 0.2) is 33.3 Å². The molecule has 1 aliphatic heterocycles. The normalized spacial score (nSPS) is 18.2. The standard InChI is InChI=1S/C25H27BrN4O4S/c1-33-25(32)21-18-9-2-3-10-19(18)35-24(21)28-23(31)16-7-5-11-30(13-16)14-20-27-22(29-34-20)15-6-4-8-17(26)12-15/h4,6,8,12,16H,2-3,5,7,9-11,13-14H2,1H3,(H,28,31). The molecule has 35 heavy (non-hydrogen) atoms. The number of esters is 1. The number of hydrogen-bond acceptors (Lipinski definition) is 8. The Balaban J connectivity index is 1.25. The van der Waals surface area contributed by atoms with Crippen molar-refractivity contribution in [2.24, 2.45) is 5.92 Å². The van der Waals surface area contributed by atoms with E-state index < -0.39 is 0 Å². The van der Waals surface area contributed by atoms with Crippen LogP contribution in [0.25, 0.3) is 11.4 Å². The molecular formula is C25H27BrN4O4S. The predicted molar refractivity (Wildman–Crippen MR) is 136 cm³/mol. The van der Waals surface area contributed by atoms with E-state index in [1.165, 1.54) is 23.3 Å². The molecule has 1 aromatic carbocycles. The largest absolute Gasteiger partial charge is 0.465 e. The van der Waals surface area contributed by atoms with E-state index in [2.05, 4.69) is 36.3 Å². The Labute approximate surface area is 216 Å². The van der Waals surface area contributed by atoms with Crippen LogP contribution in [0.4, 0.5) is 5.00 Å². The first kappa shape index (κ1) is 24.1. The number of halogens is 1. The first-order valence-electron chi connectivity index (χ1n) is 11.9. The van der Waals surface area contributed by atoms with Crippen molar-refractivity contribution in [3.05, 3.63) is 50.6 Å². The summed E-state index contributed by atoms with van der Waals surface area (Å²) in [6.45, 7) is 1.95. The summed E-state index contributed by atoms with van der Waals surface area (Å²) in [6, 6.07) is 7.76. The van der Waals surface area contributed by atoms with Crippen LogP contribution >= 0.6 is 27.3 Å². The van der Waals surface area contributed by atoms with Crippen LogP contribution in [0.5, 0.6) is 0 Å². The third-order valence-corrected chi connectivity index (χ3v) is 8.28. The number of carbonyl (C=O) groups is 2. The fourth-order valence-corrected chi connectivity index (χ4v) is 6.53. The number of carbonyl (C=O) groups excluding carboxylic acids is 2. The molecule has 2 aliphatic rings. The Morgan fingerprint density at radius 2 is 2.14 bits per heavy atom. The van der Waals surface area contributed by atoms with Crippen molar-refractivity contribution in [2.75, 3.05) is 25.5 Å². The van der Waals surface area contributed by atoms with E-state index in [1.807, 2.05) is 24.3 Å². The highest BCUT2D eigenvalue weighted by Crippen LogP contribution is 2.39. The lowest BCUT2D eigenvalue weighted by Crippen LogP contribution is -2.40. The van der Waals surface area contributed by atoms with Crippen molar-refractivity contribution in [1.29, 1.82) is 0 Å². The average molecular weight is 559 g/mol. The van der Waals surface area contributed by atoms with Crippen molar-refractivity contribution in [1.82, 2.24) is 15.0 Å². The van der Waals surface area contributed by atoms with E-state index in [0.717, 1.165) is 60.7 Å². The fraction of sp³-hybridized carbons (Fsp3) is 0.440. The number of anilines is 1. The second-order valence-corrected chi connectivity index (χ2v) is 11.0. The van der Waals surface area contributed by atoms with Gasteiger partial charge in [-0.2, -0.15) is 4.98 Å². The van der Waals surface area contributed by atoms with Gasteiger partial charge in [0.2, 0.25) is 17.6 Å². The zero-order valence-electron chi connectivity index (χ0n) is 19.5. The molecule has 1 fully saturated rings. The minimum absolute atomic E-state index is 0.0567. The summed E-state index contributed by atoms with van der Waals surface area (Å²) in [5, 5.41) is 7.80. The van der Waals surface area contributed by atoms with Gasteiger partial charge in [0.15, 0.2) is 0 Å².